The molecule has 1 saturated heterocycles. The maximum absolute atomic E-state index is 5.61. The highest BCUT2D eigenvalue weighted by Crippen LogP contribution is 2.15. The van der Waals surface area contributed by atoms with Crippen molar-refractivity contribution in [3.8, 4) is 0 Å². The second-order valence-corrected chi connectivity index (χ2v) is 4.01. The highest BCUT2D eigenvalue weighted by atomic mass is 16.5. The Labute approximate surface area is 75.9 Å². The molecule has 0 aromatic rings. The van der Waals surface area contributed by atoms with Crippen molar-refractivity contribution in [3.05, 3.63) is 0 Å². The van der Waals surface area contributed by atoms with Gasteiger partial charge in [0.2, 0.25) is 0 Å². The van der Waals surface area contributed by atoms with Crippen molar-refractivity contribution in [3.63, 3.8) is 0 Å². The average molecular weight is 171 g/mol. The first-order chi connectivity index (χ1) is 5.70. The minimum Gasteiger partial charge on any atom is -0.377 e. The molecule has 2 nitrogen and oxygen atoms in total. The number of ether oxygens (including phenoxy) is 1. The Morgan fingerprint density at radius 3 is 2.75 bits per heavy atom. The van der Waals surface area contributed by atoms with Gasteiger partial charge in [0.05, 0.1) is 12.7 Å². The van der Waals surface area contributed by atoms with Gasteiger partial charge in [-0.3, -0.25) is 0 Å². The van der Waals surface area contributed by atoms with Crippen LogP contribution in [0.4, 0.5) is 0 Å². The van der Waals surface area contributed by atoms with Crippen LogP contribution in [0.25, 0.3) is 0 Å². The summed E-state index contributed by atoms with van der Waals surface area (Å²) in [6.45, 7) is 6.35. The van der Waals surface area contributed by atoms with Crippen molar-refractivity contribution in [2.45, 2.75) is 45.3 Å². The molecule has 12 heavy (non-hydrogen) atoms. The molecule has 2 heteroatoms. The quantitative estimate of drug-likeness (QED) is 0.643. The third-order valence-corrected chi connectivity index (χ3v) is 2.54. The second kappa shape index (κ2) is 4.83. The van der Waals surface area contributed by atoms with Crippen LogP contribution in [-0.2, 0) is 4.74 Å². The number of likely N-dealkylation sites (N-methyl/N-ethyl adjacent to an activating group) is 1. The van der Waals surface area contributed by atoms with Crippen LogP contribution < -0.4 is 0 Å². The van der Waals surface area contributed by atoms with Crippen LogP contribution in [0.15, 0.2) is 0 Å². The summed E-state index contributed by atoms with van der Waals surface area (Å²) in [7, 11) is 2.20. The van der Waals surface area contributed by atoms with Gasteiger partial charge >= 0.3 is 0 Å². The molecule has 1 rings (SSSR count). The van der Waals surface area contributed by atoms with Crippen molar-refractivity contribution < 1.29 is 4.74 Å². The molecule has 1 atom stereocenters. The fraction of sp³-hybridized carbons (Fsp3) is 1.00. The van der Waals surface area contributed by atoms with Gasteiger partial charge in [-0.05, 0) is 40.3 Å². The van der Waals surface area contributed by atoms with Gasteiger partial charge in [0.25, 0.3) is 0 Å². The largest absolute Gasteiger partial charge is 0.377 e. The van der Waals surface area contributed by atoms with E-state index in [1.807, 2.05) is 0 Å². The molecule has 0 amide bonds. The van der Waals surface area contributed by atoms with Crippen LogP contribution in [0, 0.1) is 0 Å². The fourth-order valence-electron chi connectivity index (χ4n) is 1.66. The van der Waals surface area contributed by atoms with Gasteiger partial charge in [-0.2, -0.15) is 0 Å². The van der Waals surface area contributed by atoms with E-state index >= 15 is 0 Å². The van der Waals surface area contributed by atoms with Crippen LogP contribution in [0.3, 0.4) is 0 Å². The molecule has 0 aromatic carbocycles. The van der Waals surface area contributed by atoms with Crippen LogP contribution in [0.5, 0.6) is 0 Å². The Kier molecular flexibility index (Phi) is 4.02. The van der Waals surface area contributed by atoms with Crippen LogP contribution >= 0.6 is 0 Å². The highest BCUT2D eigenvalue weighted by molar-refractivity contribution is 4.73. The zero-order valence-corrected chi connectivity index (χ0v) is 8.55. The predicted molar refractivity (Wildman–Crippen MR) is 51.4 cm³/mol. The van der Waals surface area contributed by atoms with Crippen molar-refractivity contribution in [2.75, 3.05) is 20.2 Å². The minimum absolute atomic E-state index is 0.375. The van der Waals surface area contributed by atoms with Crippen LogP contribution in [0.2, 0.25) is 0 Å². The lowest BCUT2D eigenvalue weighted by Crippen LogP contribution is -2.39. The number of rotatable bonds is 3. The minimum atomic E-state index is 0.375. The SMILES string of the molecule is CC(C)OC[C@H]1CCCCN1C. The normalized spacial score (nSPS) is 26.5. The lowest BCUT2D eigenvalue weighted by molar-refractivity contribution is 0.0201. The van der Waals surface area contributed by atoms with E-state index in [0.29, 0.717) is 12.1 Å². The summed E-state index contributed by atoms with van der Waals surface area (Å²) in [4.78, 5) is 2.42. The molecule has 0 unspecified atom stereocenters. The van der Waals surface area contributed by atoms with Crippen molar-refractivity contribution >= 4 is 0 Å². The smallest absolute Gasteiger partial charge is 0.0625 e. The third kappa shape index (κ3) is 3.11. The van der Waals surface area contributed by atoms with Gasteiger partial charge in [0.1, 0.15) is 0 Å². The van der Waals surface area contributed by atoms with Gasteiger partial charge in [0.15, 0.2) is 0 Å². The number of likely N-dealkylation sites (tertiary alicyclic amines) is 1. The molecule has 0 bridgehead atoms. The van der Waals surface area contributed by atoms with Crippen molar-refractivity contribution in [1.82, 2.24) is 4.90 Å². The topological polar surface area (TPSA) is 12.5 Å². The Morgan fingerprint density at radius 2 is 2.17 bits per heavy atom. The van der Waals surface area contributed by atoms with Crippen molar-refractivity contribution in [2.24, 2.45) is 0 Å². The monoisotopic (exact) mass is 171 g/mol. The summed E-state index contributed by atoms with van der Waals surface area (Å²) in [5.41, 5.74) is 0. The Morgan fingerprint density at radius 1 is 1.42 bits per heavy atom. The zero-order valence-electron chi connectivity index (χ0n) is 8.55. The van der Waals surface area contributed by atoms with E-state index < -0.39 is 0 Å². The Bertz CT molecular complexity index is 125. The van der Waals surface area contributed by atoms with Gasteiger partial charge in [0, 0.05) is 6.04 Å². The van der Waals surface area contributed by atoms with E-state index in [1.165, 1.54) is 25.8 Å². The molecule has 0 saturated carbocycles. The molecule has 0 N–H and O–H groups in total. The Hall–Kier alpha value is -0.0800. The molecule has 72 valence electrons. The number of hydrogen-bond acceptors (Lipinski definition) is 2. The summed E-state index contributed by atoms with van der Waals surface area (Å²) in [6, 6.07) is 0.668. The highest BCUT2D eigenvalue weighted by Gasteiger charge is 2.18. The molecule has 0 spiro atoms. The summed E-state index contributed by atoms with van der Waals surface area (Å²) in [6.07, 6.45) is 4.41. The van der Waals surface area contributed by atoms with E-state index in [2.05, 4.69) is 25.8 Å². The van der Waals surface area contributed by atoms with Crippen LogP contribution in [-0.4, -0.2) is 37.2 Å². The standard InChI is InChI=1S/C10H21NO/c1-9(2)12-8-10-6-4-5-7-11(10)3/h9-10H,4-8H2,1-3H3/t10-/m1/s1. The lowest BCUT2D eigenvalue weighted by atomic mass is 10.0. The van der Waals surface area contributed by atoms with E-state index in [-0.39, 0.29) is 0 Å². The molecular weight excluding hydrogens is 150 g/mol. The van der Waals surface area contributed by atoms with Crippen molar-refractivity contribution in [1.29, 1.82) is 0 Å². The number of hydrogen-bond donors (Lipinski definition) is 0. The fourth-order valence-corrected chi connectivity index (χ4v) is 1.66. The molecule has 0 aliphatic carbocycles. The summed E-state index contributed by atoms with van der Waals surface area (Å²) < 4.78 is 5.61. The summed E-state index contributed by atoms with van der Waals surface area (Å²) in [5.74, 6) is 0. The second-order valence-electron chi connectivity index (χ2n) is 4.01. The number of piperidine rings is 1. The number of nitrogens with zero attached hydrogens (tertiary/aromatic N) is 1. The van der Waals surface area contributed by atoms with Gasteiger partial charge in [-0.25, -0.2) is 0 Å². The molecule has 1 fully saturated rings. The zero-order chi connectivity index (χ0) is 8.97. The van der Waals surface area contributed by atoms with Gasteiger partial charge in [-0.15, -0.1) is 0 Å². The maximum atomic E-state index is 5.61. The molecule has 0 aromatic heterocycles. The van der Waals surface area contributed by atoms with Crippen LogP contribution in [0.1, 0.15) is 33.1 Å². The molecule has 1 aliphatic heterocycles. The predicted octanol–water partition coefficient (Wildman–Crippen LogP) is 1.90. The van der Waals surface area contributed by atoms with E-state index in [1.54, 1.807) is 0 Å². The molecular formula is C10H21NO. The summed E-state index contributed by atoms with van der Waals surface area (Å²) >= 11 is 0. The first kappa shape index (κ1) is 10.0. The first-order valence-electron chi connectivity index (χ1n) is 5.02. The van der Waals surface area contributed by atoms with Gasteiger partial charge < -0.3 is 9.64 Å². The first-order valence-corrected chi connectivity index (χ1v) is 5.02. The summed E-state index contributed by atoms with van der Waals surface area (Å²) in [5, 5.41) is 0. The van der Waals surface area contributed by atoms with E-state index in [9.17, 15) is 0 Å². The maximum Gasteiger partial charge on any atom is 0.0625 e. The lowest BCUT2D eigenvalue weighted by Gasteiger charge is -2.32. The third-order valence-electron chi connectivity index (χ3n) is 2.54. The van der Waals surface area contributed by atoms with E-state index in [4.69, 9.17) is 4.74 Å². The Balaban J connectivity index is 2.20. The molecule has 1 heterocycles. The van der Waals surface area contributed by atoms with Gasteiger partial charge in [-0.1, -0.05) is 6.42 Å². The molecule has 1 aliphatic rings. The molecule has 0 radical (unpaired) electrons. The van der Waals surface area contributed by atoms with E-state index in [0.717, 1.165) is 6.61 Å². The average Bonchev–Trinajstić information content (AvgIpc) is 2.03.